The largest absolute Gasteiger partial charge is 0.497 e. The van der Waals surface area contributed by atoms with E-state index in [9.17, 15) is 4.79 Å². The third-order valence-corrected chi connectivity index (χ3v) is 3.68. The molecule has 0 spiro atoms. The molecule has 0 amide bonds. The predicted molar refractivity (Wildman–Crippen MR) is 90.3 cm³/mol. The highest BCUT2D eigenvalue weighted by atomic mass is 16.6. The van der Waals surface area contributed by atoms with Crippen LogP contribution in [0.3, 0.4) is 0 Å². The number of carbonyl (C=O) groups is 1. The van der Waals surface area contributed by atoms with Crippen LogP contribution in [0.4, 0.5) is 0 Å². The minimum atomic E-state index is -0.121. The van der Waals surface area contributed by atoms with Crippen LogP contribution in [-0.4, -0.2) is 33.2 Å². The monoisotopic (exact) mass is 326 g/mol. The number of ketones is 1. The summed E-state index contributed by atoms with van der Waals surface area (Å²) in [5, 5.41) is 0. The standard InChI is InChI=1S/C19H18O5/c1-21-15-6-3-13(18(12-15)22-2)4-7-16(20)14-5-8-17-19(11-14)24-10-9-23-17/h3-8,11-12H,9-10H2,1-2H3/b7-4+. The number of fused-ring (bicyclic) bond motifs is 1. The number of methoxy groups -OCH3 is 2. The Morgan fingerprint density at radius 1 is 1.00 bits per heavy atom. The Labute approximate surface area is 140 Å². The van der Waals surface area contributed by atoms with Crippen LogP contribution in [0.5, 0.6) is 23.0 Å². The van der Waals surface area contributed by atoms with E-state index in [2.05, 4.69) is 0 Å². The van der Waals surface area contributed by atoms with Crippen LogP contribution in [0, 0.1) is 0 Å². The quantitative estimate of drug-likeness (QED) is 0.623. The van der Waals surface area contributed by atoms with Gasteiger partial charge in [-0.1, -0.05) is 0 Å². The van der Waals surface area contributed by atoms with E-state index in [0.29, 0.717) is 41.8 Å². The highest BCUT2D eigenvalue weighted by Gasteiger charge is 2.14. The molecule has 0 radical (unpaired) electrons. The fraction of sp³-hybridized carbons (Fsp3) is 0.211. The molecule has 3 rings (SSSR count). The number of hydrogen-bond acceptors (Lipinski definition) is 5. The Morgan fingerprint density at radius 3 is 2.54 bits per heavy atom. The van der Waals surface area contributed by atoms with Gasteiger partial charge in [0.2, 0.25) is 0 Å². The molecule has 0 aromatic heterocycles. The van der Waals surface area contributed by atoms with Crippen molar-refractivity contribution >= 4 is 11.9 Å². The highest BCUT2D eigenvalue weighted by molar-refractivity contribution is 6.07. The molecule has 24 heavy (non-hydrogen) atoms. The van der Waals surface area contributed by atoms with Crippen LogP contribution in [0.15, 0.2) is 42.5 Å². The summed E-state index contributed by atoms with van der Waals surface area (Å²) in [6.45, 7) is 1.01. The van der Waals surface area contributed by atoms with E-state index in [-0.39, 0.29) is 5.78 Å². The zero-order valence-electron chi connectivity index (χ0n) is 13.6. The fourth-order valence-electron chi connectivity index (χ4n) is 2.41. The highest BCUT2D eigenvalue weighted by Crippen LogP contribution is 2.31. The molecule has 2 aromatic rings. The minimum Gasteiger partial charge on any atom is -0.497 e. The van der Waals surface area contributed by atoms with Gasteiger partial charge in [-0.3, -0.25) is 4.79 Å². The summed E-state index contributed by atoms with van der Waals surface area (Å²) in [6.07, 6.45) is 3.23. The van der Waals surface area contributed by atoms with Crippen LogP contribution in [0.2, 0.25) is 0 Å². The lowest BCUT2D eigenvalue weighted by Crippen LogP contribution is -2.15. The van der Waals surface area contributed by atoms with E-state index >= 15 is 0 Å². The molecule has 0 unspecified atom stereocenters. The maximum absolute atomic E-state index is 12.4. The third-order valence-electron chi connectivity index (χ3n) is 3.68. The van der Waals surface area contributed by atoms with Crippen LogP contribution in [0.25, 0.3) is 6.08 Å². The molecule has 2 aromatic carbocycles. The summed E-state index contributed by atoms with van der Waals surface area (Å²) in [5.74, 6) is 2.48. The van der Waals surface area contributed by atoms with Crippen molar-refractivity contribution in [2.75, 3.05) is 27.4 Å². The van der Waals surface area contributed by atoms with E-state index in [4.69, 9.17) is 18.9 Å². The summed E-state index contributed by atoms with van der Waals surface area (Å²) in [5.41, 5.74) is 1.34. The Bertz CT molecular complexity index is 779. The number of carbonyl (C=O) groups excluding carboxylic acids is 1. The van der Waals surface area contributed by atoms with Crippen molar-refractivity contribution in [1.29, 1.82) is 0 Å². The van der Waals surface area contributed by atoms with Gasteiger partial charge >= 0.3 is 0 Å². The molecule has 5 heteroatoms. The molecular weight excluding hydrogens is 308 g/mol. The molecule has 0 saturated heterocycles. The van der Waals surface area contributed by atoms with Gasteiger partial charge in [0.1, 0.15) is 24.7 Å². The Morgan fingerprint density at radius 2 is 1.79 bits per heavy atom. The van der Waals surface area contributed by atoms with Crippen molar-refractivity contribution in [2.24, 2.45) is 0 Å². The molecule has 1 aliphatic heterocycles. The molecule has 1 heterocycles. The van der Waals surface area contributed by atoms with Gasteiger partial charge in [0.05, 0.1) is 14.2 Å². The molecule has 124 valence electrons. The first-order valence-electron chi connectivity index (χ1n) is 7.55. The molecule has 0 fully saturated rings. The fourth-order valence-corrected chi connectivity index (χ4v) is 2.41. The first kappa shape index (κ1) is 15.9. The van der Waals surface area contributed by atoms with Crippen molar-refractivity contribution in [3.63, 3.8) is 0 Å². The molecule has 5 nitrogen and oxygen atoms in total. The number of ether oxygens (including phenoxy) is 4. The van der Waals surface area contributed by atoms with Crippen molar-refractivity contribution in [3.8, 4) is 23.0 Å². The molecule has 0 aliphatic carbocycles. The van der Waals surface area contributed by atoms with Gasteiger partial charge < -0.3 is 18.9 Å². The molecule has 1 aliphatic rings. The van der Waals surface area contributed by atoms with Crippen LogP contribution in [0.1, 0.15) is 15.9 Å². The lowest BCUT2D eigenvalue weighted by Gasteiger charge is -2.18. The Balaban J connectivity index is 1.80. The van der Waals surface area contributed by atoms with Crippen LogP contribution >= 0.6 is 0 Å². The Kier molecular flexibility index (Phi) is 4.70. The predicted octanol–water partition coefficient (Wildman–Crippen LogP) is 3.37. The van der Waals surface area contributed by atoms with Crippen molar-refractivity contribution in [3.05, 3.63) is 53.6 Å². The average molecular weight is 326 g/mol. The van der Waals surface area contributed by atoms with Gasteiger partial charge in [0.15, 0.2) is 17.3 Å². The lowest BCUT2D eigenvalue weighted by atomic mass is 10.1. The zero-order chi connectivity index (χ0) is 16.9. The van der Waals surface area contributed by atoms with Crippen molar-refractivity contribution in [2.45, 2.75) is 0 Å². The van der Waals surface area contributed by atoms with Gasteiger partial charge in [0, 0.05) is 17.2 Å². The van der Waals surface area contributed by atoms with Gasteiger partial charge in [-0.05, 0) is 42.5 Å². The topological polar surface area (TPSA) is 54.0 Å². The molecule has 0 N–H and O–H groups in total. The smallest absolute Gasteiger partial charge is 0.185 e. The average Bonchev–Trinajstić information content (AvgIpc) is 2.65. The van der Waals surface area contributed by atoms with Crippen LogP contribution < -0.4 is 18.9 Å². The summed E-state index contributed by atoms with van der Waals surface area (Å²) in [7, 11) is 3.17. The number of hydrogen-bond donors (Lipinski definition) is 0. The second kappa shape index (κ2) is 7.08. The molecule has 0 bridgehead atoms. The van der Waals surface area contributed by atoms with Gasteiger partial charge in [0.25, 0.3) is 0 Å². The number of benzene rings is 2. The van der Waals surface area contributed by atoms with Crippen molar-refractivity contribution in [1.82, 2.24) is 0 Å². The lowest BCUT2D eigenvalue weighted by molar-refractivity contribution is 0.104. The number of allylic oxidation sites excluding steroid dienone is 1. The summed E-state index contributed by atoms with van der Waals surface area (Å²) in [4.78, 5) is 12.4. The first-order chi connectivity index (χ1) is 11.7. The molecule has 0 saturated carbocycles. The van der Waals surface area contributed by atoms with Gasteiger partial charge in [-0.2, -0.15) is 0 Å². The van der Waals surface area contributed by atoms with Crippen LogP contribution in [-0.2, 0) is 0 Å². The second-order valence-electron chi connectivity index (χ2n) is 5.16. The SMILES string of the molecule is COc1ccc(/C=C/C(=O)c2ccc3c(c2)OCCO3)c(OC)c1. The van der Waals surface area contributed by atoms with E-state index in [1.165, 1.54) is 6.08 Å². The van der Waals surface area contributed by atoms with E-state index in [1.54, 1.807) is 44.6 Å². The Hall–Kier alpha value is -2.95. The van der Waals surface area contributed by atoms with E-state index < -0.39 is 0 Å². The second-order valence-corrected chi connectivity index (χ2v) is 5.16. The van der Waals surface area contributed by atoms with Gasteiger partial charge in [-0.25, -0.2) is 0 Å². The summed E-state index contributed by atoms with van der Waals surface area (Å²) < 4.78 is 21.4. The third kappa shape index (κ3) is 3.35. The maximum Gasteiger partial charge on any atom is 0.185 e. The molecular formula is C19H18O5. The van der Waals surface area contributed by atoms with Gasteiger partial charge in [-0.15, -0.1) is 0 Å². The summed E-state index contributed by atoms with van der Waals surface area (Å²) in [6, 6.07) is 10.6. The first-order valence-corrected chi connectivity index (χ1v) is 7.55. The minimum absolute atomic E-state index is 0.121. The van der Waals surface area contributed by atoms with E-state index in [0.717, 1.165) is 5.56 Å². The van der Waals surface area contributed by atoms with E-state index in [1.807, 2.05) is 12.1 Å². The maximum atomic E-state index is 12.4. The molecule has 0 atom stereocenters. The van der Waals surface area contributed by atoms with Crippen molar-refractivity contribution < 1.29 is 23.7 Å². The summed E-state index contributed by atoms with van der Waals surface area (Å²) >= 11 is 0. The normalized spacial score (nSPS) is 12.9. The zero-order valence-corrected chi connectivity index (χ0v) is 13.6. The number of rotatable bonds is 5.